The minimum Gasteiger partial charge on any atom is -0.383 e. The topological polar surface area (TPSA) is 50.4 Å². The molecule has 0 aliphatic rings. The molecule has 0 fully saturated rings. The first-order chi connectivity index (χ1) is 6.52. The van der Waals surface area contributed by atoms with Crippen LogP contribution in [0.2, 0.25) is 0 Å². The average Bonchev–Trinajstić information content (AvgIpc) is 2.11. The number of carbonyl (C=O) groups excluding carboxylic acids is 1. The van der Waals surface area contributed by atoms with E-state index >= 15 is 0 Å². The lowest BCUT2D eigenvalue weighted by Gasteiger charge is -2.24. The summed E-state index contributed by atoms with van der Waals surface area (Å²) < 4.78 is 5.03. The normalized spacial score (nSPS) is 11.4. The predicted molar refractivity (Wildman–Crippen MR) is 57.3 cm³/mol. The largest absolute Gasteiger partial charge is 0.383 e. The monoisotopic (exact) mass is 202 g/mol. The van der Waals surface area contributed by atoms with Crippen molar-refractivity contribution < 1.29 is 9.53 Å². The third kappa shape index (κ3) is 6.86. The molecule has 0 aromatic carbocycles. The molecule has 0 saturated carbocycles. The summed E-state index contributed by atoms with van der Waals surface area (Å²) in [6.45, 7) is 7.71. The van der Waals surface area contributed by atoms with Gasteiger partial charge in [-0.25, -0.2) is 0 Å². The Morgan fingerprint density at radius 3 is 2.57 bits per heavy atom. The number of nitrogens with one attached hydrogen (secondary N) is 2. The standard InChI is InChI=1S/C10H22N2O2/c1-5-6-11-9(13)7-12-10(2,3)8-14-4/h12H,5-8H2,1-4H3,(H,11,13). The van der Waals surface area contributed by atoms with Gasteiger partial charge in [-0.05, 0) is 20.3 Å². The zero-order chi connectivity index (χ0) is 11.0. The maximum absolute atomic E-state index is 11.2. The number of carbonyl (C=O) groups is 1. The third-order valence-electron chi connectivity index (χ3n) is 1.80. The van der Waals surface area contributed by atoms with E-state index < -0.39 is 0 Å². The van der Waals surface area contributed by atoms with Gasteiger partial charge in [-0.2, -0.15) is 0 Å². The molecule has 1 amide bonds. The van der Waals surface area contributed by atoms with Crippen LogP contribution >= 0.6 is 0 Å². The molecule has 14 heavy (non-hydrogen) atoms. The lowest BCUT2D eigenvalue weighted by Crippen LogP contribution is -2.48. The van der Waals surface area contributed by atoms with E-state index in [9.17, 15) is 4.79 Å². The van der Waals surface area contributed by atoms with Gasteiger partial charge in [0, 0.05) is 19.2 Å². The highest BCUT2D eigenvalue weighted by molar-refractivity contribution is 5.78. The van der Waals surface area contributed by atoms with E-state index in [1.165, 1.54) is 0 Å². The molecular formula is C10H22N2O2. The molecule has 0 radical (unpaired) electrons. The molecule has 0 atom stereocenters. The molecule has 0 unspecified atom stereocenters. The van der Waals surface area contributed by atoms with Gasteiger partial charge in [0.25, 0.3) is 0 Å². The Labute approximate surface area is 86.4 Å². The molecular weight excluding hydrogens is 180 g/mol. The molecule has 0 rings (SSSR count). The molecule has 0 aromatic rings. The highest BCUT2D eigenvalue weighted by Gasteiger charge is 2.17. The van der Waals surface area contributed by atoms with Gasteiger partial charge in [0.2, 0.25) is 5.91 Å². The van der Waals surface area contributed by atoms with Gasteiger partial charge >= 0.3 is 0 Å². The number of hydrogen-bond acceptors (Lipinski definition) is 3. The molecule has 84 valence electrons. The highest BCUT2D eigenvalue weighted by Crippen LogP contribution is 2.00. The van der Waals surface area contributed by atoms with Crippen molar-refractivity contribution in [2.24, 2.45) is 0 Å². The van der Waals surface area contributed by atoms with Crippen molar-refractivity contribution in [3.8, 4) is 0 Å². The molecule has 0 bridgehead atoms. The molecule has 0 aliphatic heterocycles. The third-order valence-corrected chi connectivity index (χ3v) is 1.80. The van der Waals surface area contributed by atoms with Crippen LogP contribution < -0.4 is 10.6 Å². The van der Waals surface area contributed by atoms with Crippen LogP contribution in [0.4, 0.5) is 0 Å². The lowest BCUT2D eigenvalue weighted by atomic mass is 10.1. The van der Waals surface area contributed by atoms with Gasteiger partial charge in [0.1, 0.15) is 0 Å². The van der Waals surface area contributed by atoms with Crippen molar-refractivity contribution in [1.29, 1.82) is 0 Å². The van der Waals surface area contributed by atoms with Crippen LogP contribution in [0.25, 0.3) is 0 Å². The molecule has 2 N–H and O–H groups in total. The van der Waals surface area contributed by atoms with Crippen molar-refractivity contribution in [2.45, 2.75) is 32.7 Å². The van der Waals surface area contributed by atoms with Crippen LogP contribution in [-0.4, -0.2) is 38.3 Å². The van der Waals surface area contributed by atoms with E-state index in [0.29, 0.717) is 13.2 Å². The lowest BCUT2D eigenvalue weighted by molar-refractivity contribution is -0.120. The first kappa shape index (κ1) is 13.4. The van der Waals surface area contributed by atoms with Crippen LogP contribution in [-0.2, 0) is 9.53 Å². The van der Waals surface area contributed by atoms with E-state index in [2.05, 4.69) is 10.6 Å². The molecule has 0 heterocycles. The van der Waals surface area contributed by atoms with Gasteiger partial charge in [0.05, 0.1) is 13.2 Å². The maximum Gasteiger partial charge on any atom is 0.233 e. The van der Waals surface area contributed by atoms with Gasteiger partial charge in [0.15, 0.2) is 0 Å². The minimum absolute atomic E-state index is 0.0380. The van der Waals surface area contributed by atoms with Crippen molar-refractivity contribution >= 4 is 5.91 Å². The zero-order valence-electron chi connectivity index (χ0n) is 9.64. The van der Waals surface area contributed by atoms with Crippen LogP contribution in [0.1, 0.15) is 27.2 Å². The van der Waals surface area contributed by atoms with Crippen molar-refractivity contribution in [1.82, 2.24) is 10.6 Å². The second kappa shape index (κ2) is 6.79. The van der Waals surface area contributed by atoms with Crippen LogP contribution in [0, 0.1) is 0 Å². The summed E-state index contributed by atoms with van der Waals surface area (Å²) >= 11 is 0. The van der Waals surface area contributed by atoms with E-state index in [1.54, 1.807) is 7.11 Å². The maximum atomic E-state index is 11.2. The number of rotatable bonds is 7. The second-order valence-corrected chi connectivity index (χ2v) is 4.02. The molecule has 0 aromatic heterocycles. The van der Waals surface area contributed by atoms with Crippen LogP contribution in [0.5, 0.6) is 0 Å². The predicted octanol–water partition coefficient (Wildman–Crippen LogP) is 0.527. The van der Waals surface area contributed by atoms with Gasteiger partial charge in [-0.1, -0.05) is 6.92 Å². The number of amides is 1. The Kier molecular flexibility index (Phi) is 6.49. The van der Waals surface area contributed by atoms with E-state index in [0.717, 1.165) is 13.0 Å². The fraction of sp³-hybridized carbons (Fsp3) is 0.900. The smallest absolute Gasteiger partial charge is 0.233 e. The van der Waals surface area contributed by atoms with Gasteiger partial charge < -0.3 is 15.4 Å². The SMILES string of the molecule is CCCNC(=O)CNC(C)(C)COC. The average molecular weight is 202 g/mol. The van der Waals surface area contributed by atoms with Gasteiger partial charge in [-0.3, -0.25) is 4.79 Å². The molecule has 0 saturated heterocycles. The van der Waals surface area contributed by atoms with Crippen molar-refractivity contribution in [3.05, 3.63) is 0 Å². The van der Waals surface area contributed by atoms with Crippen LogP contribution in [0.15, 0.2) is 0 Å². The Balaban J connectivity index is 3.64. The number of methoxy groups -OCH3 is 1. The Hall–Kier alpha value is -0.610. The number of ether oxygens (including phenoxy) is 1. The molecule has 0 spiro atoms. The Morgan fingerprint density at radius 2 is 2.07 bits per heavy atom. The Bertz CT molecular complexity index is 170. The second-order valence-electron chi connectivity index (χ2n) is 4.02. The van der Waals surface area contributed by atoms with Crippen LogP contribution in [0.3, 0.4) is 0 Å². The summed E-state index contributed by atoms with van der Waals surface area (Å²) in [5.41, 5.74) is -0.154. The summed E-state index contributed by atoms with van der Waals surface area (Å²) in [7, 11) is 1.65. The molecule has 4 nitrogen and oxygen atoms in total. The van der Waals surface area contributed by atoms with E-state index in [4.69, 9.17) is 4.74 Å². The number of hydrogen-bond donors (Lipinski definition) is 2. The summed E-state index contributed by atoms with van der Waals surface area (Å²) in [4.78, 5) is 11.2. The highest BCUT2D eigenvalue weighted by atomic mass is 16.5. The van der Waals surface area contributed by atoms with E-state index in [-0.39, 0.29) is 11.4 Å². The quantitative estimate of drug-likeness (QED) is 0.633. The van der Waals surface area contributed by atoms with Crippen molar-refractivity contribution in [2.75, 3.05) is 26.8 Å². The zero-order valence-corrected chi connectivity index (χ0v) is 9.64. The first-order valence-corrected chi connectivity index (χ1v) is 5.02. The first-order valence-electron chi connectivity index (χ1n) is 5.02. The summed E-state index contributed by atoms with van der Waals surface area (Å²) in [5.74, 6) is 0.0380. The summed E-state index contributed by atoms with van der Waals surface area (Å²) in [5, 5.41) is 5.94. The minimum atomic E-state index is -0.154. The molecule has 4 heteroatoms. The van der Waals surface area contributed by atoms with E-state index in [1.807, 2.05) is 20.8 Å². The molecule has 0 aliphatic carbocycles. The van der Waals surface area contributed by atoms with Gasteiger partial charge in [-0.15, -0.1) is 0 Å². The fourth-order valence-corrected chi connectivity index (χ4v) is 1.06. The fourth-order valence-electron chi connectivity index (χ4n) is 1.06. The summed E-state index contributed by atoms with van der Waals surface area (Å²) in [6, 6.07) is 0. The summed E-state index contributed by atoms with van der Waals surface area (Å²) in [6.07, 6.45) is 0.965. The van der Waals surface area contributed by atoms with Crippen molar-refractivity contribution in [3.63, 3.8) is 0 Å². The Morgan fingerprint density at radius 1 is 1.43 bits per heavy atom.